The molecule has 0 aliphatic carbocycles. The first-order chi connectivity index (χ1) is 9.72. The van der Waals surface area contributed by atoms with Crippen LogP contribution in [-0.4, -0.2) is 42.8 Å². The van der Waals surface area contributed by atoms with Crippen LogP contribution in [0.5, 0.6) is 0 Å². The Kier molecular flexibility index (Phi) is 5.90. The molecule has 1 aliphatic heterocycles. The molecule has 0 saturated heterocycles. The first-order valence-electron chi connectivity index (χ1n) is 6.57. The molecule has 0 aromatic heterocycles. The highest BCUT2D eigenvalue weighted by Crippen LogP contribution is 2.29. The highest BCUT2D eigenvalue weighted by atomic mass is 16.6. The molecule has 3 atom stereocenters. The van der Waals surface area contributed by atoms with E-state index < -0.39 is 36.2 Å². The third-order valence-electron chi connectivity index (χ3n) is 2.90. The molecule has 0 saturated carbocycles. The van der Waals surface area contributed by atoms with Gasteiger partial charge in [-0.15, -0.1) is 0 Å². The zero-order valence-electron chi connectivity index (χ0n) is 12.8. The average molecular weight is 300 g/mol. The normalized spacial score (nSPS) is 25.3. The number of hydrogen-bond acceptors (Lipinski definition) is 7. The van der Waals surface area contributed by atoms with Crippen LogP contribution in [0, 0.1) is 0 Å². The SMILES string of the molecule is CC(=O)OCC1O[C@@H](C)C(OC(C)=O)=C(C)[C@@H]1OC(C)=O. The van der Waals surface area contributed by atoms with Crippen molar-refractivity contribution in [3.8, 4) is 0 Å². The van der Waals surface area contributed by atoms with Crippen molar-refractivity contribution in [3.05, 3.63) is 11.3 Å². The van der Waals surface area contributed by atoms with Crippen molar-refractivity contribution < 1.29 is 33.3 Å². The van der Waals surface area contributed by atoms with Gasteiger partial charge in [-0.05, 0) is 13.8 Å². The van der Waals surface area contributed by atoms with Gasteiger partial charge >= 0.3 is 17.9 Å². The molecule has 1 heterocycles. The maximum absolute atomic E-state index is 11.2. The van der Waals surface area contributed by atoms with E-state index in [4.69, 9.17) is 18.9 Å². The predicted octanol–water partition coefficient (Wildman–Crippen LogP) is 1.11. The fourth-order valence-corrected chi connectivity index (χ4v) is 2.12. The quantitative estimate of drug-likeness (QED) is 0.567. The fourth-order valence-electron chi connectivity index (χ4n) is 2.12. The lowest BCUT2D eigenvalue weighted by molar-refractivity contribution is -0.169. The van der Waals surface area contributed by atoms with Crippen LogP contribution in [0.15, 0.2) is 11.3 Å². The second-order valence-corrected chi connectivity index (χ2v) is 4.79. The van der Waals surface area contributed by atoms with E-state index in [9.17, 15) is 14.4 Å². The van der Waals surface area contributed by atoms with E-state index >= 15 is 0 Å². The third-order valence-corrected chi connectivity index (χ3v) is 2.90. The summed E-state index contributed by atoms with van der Waals surface area (Å²) in [5, 5.41) is 0. The molecule has 0 radical (unpaired) electrons. The van der Waals surface area contributed by atoms with Gasteiger partial charge < -0.3 is 18.9 Å². The lowest BCUT2D eigenvalue weighted by atomic mass is 9.99. The largest absolute Gasteiger partial charge is 0.463 e. The maximum Gasteiger partial charge on any atom is 0.307 e. The van der Waals surface area contributed by atoms with Gasteiger partial charge in [0.05, 0.1) is 0 Å². The van der Waals surface area contributed by atoms with E-state index in [1.165, 1.54) is 20.8 Å². The molecule has 0 fully saturated rings. The van der Waals surface area contributed by atoms with E-state index in [0.717, 1.165) is 0 Å². The van der Waals surface area contributed by atoms with Crippen LogP contribution >= 0.6 is 0 Å². The standard InChI is InChI=1S/C14H20O7/c1-7-13(20-10(4)16)8(2)19-12(6-18-9(3)15)14(7)21-11(5)17/h8,12,14H,6H2,1-5H3/t8-,12?,14-/m0/s1. The molecule has 1 rings (SSSR count). The summed E-state index contributed by atoms with van der Waals surface area (Å²) in [4.78, 5) is 33.3. The average Bonchev–Trinajstić information content (AvgIpc) is 2.35. The van der Waals surface area contributed by atoms with Crippen LogP contribution < -0.4 is 0 Å². The number of rotatable bonds is 4. The van der Waals surface area contributed by atoms with Crippen LogP contribution in [0.4, 0.5) is 0 Å². The Labute approximate surface area is 123 Å². The number of esters is 3. The molecule has 0 bridgehead atoms. The van der Waals surface area contributed by atoms with Gasteiger partial charge in [0.1, 0.15) is 24.6 Å². The predicted molar refractivity (Wildman–Crippen MR) is 71.0 cm³/mol. The smallest absolute Gasteiger partial charge is 0.307 e. The van der Waals surface area contributed by atoms with Crippen LogP contribution in [0.2, 0.25) is 0 Å². The van der Waals surface area contributed by atoms with E-state index in [1.54, 1.807) is 13.8 Å². The van der Waals surface area contributed by atoms with E-state index in [2.05, 4.69) is 0 Å². The molecular formula is C14H20O7. The lowest BCUT2D eigenvalue weighted by Crippen LogP contribution is -2.45. The van der Waals surface area contributed by atoms with Gasteiger partial charge in [0.2, 0.25) is 0 Å². The second-order valence-electron chi connectivity index (χ2n) is 4.79. The van der Waals surface area contributed by atoms with Crippen molar-refractivity contribution >= 4 is 17.9 Å². The molecule has 0 N–H and O–H groups in total. The Bertz CT molecular complexity index is 466. The molecule has 0 spiro atoms. The van der Waals surface area contributed by atoms with Crippen LogP contribution in [0.3, 0.4) is 0 Å². The van der Waals surface area contributed by atoms with Crippen molar-refractivity contribution in [1.82, 2.24) is 0 Å². The highest BCUT2D eigenvalue weighted by Gasteiger charge is 2.38. The molecule has 1 unspecified atom stereocenters. The second kappa shape index (κ2) is 7.21. The topological polar surface area (TPSA) is 88.1 Å². The first-order valence-corrected chi connectivity index (χ1v) is 6.57. The number of carbonyl (C=O) groups excluding carboxylic acids is 3. The molecule has 0 amide bonds. The van der Waals surface area contributed by atoms with Crippen LogP contribution in [-0.2, 0) is 33.3 Å². The molecule has 118 valence electrons. The number of carbonyl (C=O) groups is 3. The minimum Gasteiger partial charge on any atom is -0.463 e. The number of ether oxygens (including phenoxy) is 4. The van der Waals surface area contributed by atoms with Gasteiger partial charge in [0, 0.05) is 26.3 Å². The fraction of sp³-hybridized carbons (Fsp3) is 0.643. The van der Waals surface area contributed by atoms with Crippen molar-refractivity contribution in [3.63, 3.8) is 0 Å². The Morgan fingerprint density at radius 2 is 1.71 bits per heavy atom. The zero-order chi connectivity index (χ0) is 16.2. The minimum atomic E-state index is -0.771. The highest BCUT2D eigenvalue weighted by molar-refractivity contribution is 5.68. The van der Waals surface area contributed by atoms with Crippen molar-refractivity contribution in [1.29, 1.82) is 0 Å². The summed E-state index contributed by atoms with van der Waals surface area (Å²) < 4.78 is 20.9. The van der Waals surface area contributed by atoms with Gasteiger partial charge in [-0.2, -0.15) is 0 Å². The molecule has 0 aromatic rings. The summed E-state index contributed by atoms with van der Waals surface area (Å²) in [7, 11) is 0. The molecular weight excluding hydrogens is 280 g/mol. The molecule has 7 heteroatoms. The summed E-state index contributed by atoms with van der Waals surface area (Å²) in [5.74, 6) is -1.14. The monoisotopic (exact) mass is 300 g/mol. The third kappa shape index (κ3) is 4.86. The Morgan fingerprint density at radius 3 is 2.19 bits per heavy atom. The summed E-state index contributed by atoms with van der Waals surface area (Å²) in [6.07, 6.45) is -1.93. The number of hydrogen-bond donors (Lipinski definition) is 0. The van der Waals surface area contributed by atoms with Gasteiger partial charge in [-0.25, -0.2) is 0 Å². The zero-order valence-corrected chi connectivity index (χ0v) is 12.8. The molecule has 21 heavy (non-hydrogen) atoms. The summed E-state index contributed by atoms with van der Waals surface area (Å²) in [6, 6.07) is 0. The molecule has 7 nitrogen and oxygen atoms in total. The van der Waals surface area contributed by atoms with Crippen molar-refractivity contribution in [2.45, 2.75) is 52.9 Å². The first kappa shape index (κ1) is 17.2. The maximum atomic E-state index is 11.2. The molecule has 1 aliphatic rings. The van der Waals surface area contributed by atoms with Gasteiger partial charge in [0.25, 0.3) is 0 Å². The van der Waals surface area contributed by atoms with Gasteiger partial charge in [0.15, 0.2) is 6.10 Å². The summed E-state index contributed by atoms with van der Waals surface area (Å²) >= 11 is 0. The minimum absolute atomic E-state index is 0.0533. The van der Waals surface area contributed by atoms with E-state index in [1.807, 2.05) is 0 Å². The Morgan fingerprint density at radius 1 is 1.10 bits per heavy atom. The Hall–Kier alpha value is -1.89. The van der Waals surface area contributed by atoms with Crippen LogP contribution in [0.25, 0.3) is 0 Å². The van der Waals surface area contributed by atoms with Crippen molar-refractivity contribution in [2.75, 3.05) is 6.61 Å². The van der Waals surface area contributed by atoms with Gasteiger partial charge in [-0.1, -0.05) is 0 Å². The van der Waals surface area contributed by atoms with E-state index in [0.29, 0.717) is 11.3 Å². The van der Waals surface area contributed by atoms with Crippen LogP contribution in [0.1, 0.15) is 34.6 Å². The Balaban J connectivity index is 3.02. The van der Waals surface area contributed by atoms with E-state index in [-0.39, 0.29) is 6.61 Å². The van der Waals surface area contributed by atoms with Gasteiger partial charge in [-0.3, -0.25) is 14.4 Å². The van der Waals surface area contributed by atoms with Crippen molar-refractivity contribution in [2.24, 2.45) is 0 Å². The molecule has 0 aromatic carbocycles. The summed E-state index contributed by atoms with van der Waals surface area (Å²) in [6.45, 7) is 7.15. The lowest BCUT2D eigenvalue weighted by Gasteiger charge is -2.35. The summed E-state index contributed by atoms with van der Waals surface area (Å²) in [5.41, 5.74) is 0.566.